The molecule has 0 bridgehead atoms. The molecule has 0 radical (unpaired) electrons. The summed E-state index contributed by atoms with van der Waals surface area (Å²) in [6.07, 6.45) is 1.96. The van der Waals surface area contributed by atoms with Gasteiger partial charge in [-0.3, -0.25) is 0 Å². The van der Waals surface area contributed by atoms with E-state index in [4.69, 9.17) is 12.2 Å². The number of aromatic nitrogens is 2. The van der Waals surface area contributed by atoms with E-state index in [1.54, 1.807) is 12.1 Å². The van der Waals surface area contributed by atoms with E-state index in [0.717, 1.165) is 30.4 Å². The monoisotopic (exact) mass is 412 g/mol. The van der Waals surface area contributed by atoms with E-state index in [1.165, 1.54) is 5.56 Å². The number of benzene rings is 2. The Kier molecular flexibility index (Phi) is 4.40. The van der Waals surface area contributed by atoms with Gasteiger partial charge in [0.15, 0.2) is 4.77 Å². The van der Waals surface area contributed by atoms with Crippen LogP contribution >= 0.6 is 34.8 Å². The summed E-state index contributed by atoms with van der Waals surface area (Å²) in [7, 11) is 0. The number of halogens is 2. The van der Waals surface area contributed by atoms with Gasteiger partial charge in [0.2, 0.25) is 0 Å². The zero-order valence-electron chi connectivity index (χ0n) is 11.3. The number of nitrogens with zero attached hydrogens (tertiary/aromatic N) is 1. The van der Waals surface area contributed by atoms with Crippen LogP contribution in [0.5, 0.6) is 0 Å². The number of aromatic amines is 1. The molecule has 0 aliphatic heterocycles. The molecule has 2 aromatic carbocycles. The van der Waals surface area contributed by atoms with Gasteiger partial charge in [0.25, 0.3) is 0 Å². The van der Waals surface area contributed by atoms with Crippen molar-refractivity contribution >= 4 is 45.8 Å². The van der Waals surface area contributed by atoms with Gasteiger partial charge in [-0.05, 0) is 59.3 Å². The van der Waals surface area contributed by atoms with E-state index in [0.29, 0.717) is 8.34 Å². The first-order valence-corrected chi connectivity index (χ1v) is 8.25. The van der Waals surface area contributed by atoms with Crippen LogP contribution in [0.2, 0.25) is 0 Å². The SMILES string of the molecule is Fc1cc2c(cc1I)[nH]c(=S)n2CCCc1ccccc1. The van der Waals surface area contributed by atoms with Crippen LogP contribution < -0.4 is 0 Å². The average Bonchev–Trinajstić information content (AvgIpc) is 2.76. The summed E-state index contributed by atoms with van der Waals surface area (Å²) in [6.45, 7) is 0.785. The number of aryl methyl sites for hydroxylation is 2. The molecule has 21 heavy (non-hydrogen) atoms. The van der Waals surface area contributed by atoms with Crippen molar-refractivity contribution in [2.24, 2.45) is 0 Å². The number of hydrogen-bond acceptors (Lipinski definition) is 1. The minimum Gasteiger partial charge on any atom is -0.331 e. The molecule has 0 fully saturated rings. The fourth-order valence-corrected chi connectivity index (χ4v) is 3.23. The first kappa shape index (κ1) is 14.7. The van der Waals surface area contributed by atoms with Crippen LogP contribution in [0.1, 0.15) is 12.0 Å². The van der Waals surface area contributed by atoms with E-state index < -0.39 is 0 Å². The zero-order chi connectivity index (χ0) is 14.8. The van der Waals surface area contributed by atoms with Gasteiger partial charge in [-0.2, -0.15) is 0 Å². The molecule has 0 aliphatic carbocycles. The van der Waals surface area contributed by atoms with Gasteiger partial charge in [-0.15, -0.1) is 0 Å². The highest BCUT2D eigenvalue weighted by Gasteiger charge is 2.08. The predicted octanol–water partition coefficient (Wildman–Crippen LogP) is 5.08. The van der Waals surface area contributed by atoms with Gasteiger partial charge >= 0.3 is 0 Å². The molecule has 5 heteroatoms. The molecule has 108 valence electrons. The van der Waals surface area contributed by atoms with Gasteiger partial charge < -0.3 is 9.55 Å². The van der Waals surface area contributed by atoms with E-state index in [9.17, 15) is 4.39 Å². The molecule has 3 aromatic rings. The van der Waals surface area contributed by atoms with E-state index >= 15 is 0 Å². The second-order valence-corrected chi connectivity index (χ2v) is 6.50. The molecule has 0 atom stereocenters. The first-order chi connectivity index (χ1) is 10.1. The van der Waals surface area contributed by atoms with Crippen LogP contribution in [-0.4, -0.2) is 9.55 Å². The summed E-state index contributed by atoms with van der Waals surface area (Å²) < 4.78 is 17.0. The predicted molar refractivity (Wildman–Crippen MR) is 94.6 cm³/mol. The lowest BCUT2D eigenvalue weighted by atomic mass is 10.1. The summed E-state index contributed by atoms with van der Waals surface area (Å²) in [5.74, 6) is -0.200. The molecule has 0 amide bonds. The van der Waals surface area contributed by atoms with Crippen LogP contribution in [0.3, 0.4) is 0 Å². The Morgan fingerprint density at radius 1 is 1.19 bits per heavy atom. The highest BCUT2D eigenvalue weighted by Crippen LogP contribution is 2.21. The van der Waals surface area contributed by atoms with Gasteiger partial charge in [-0.25, -0.2) is 4.39 Å². The highest BCUT2D eigenvalue weighted by molar-refractivity contribution is 14.1. The Morgan fingerprint density at radius 3 is 2.71 bits per heavy atom. The maximum Gasteiger partial charge on any atom is 0.178 e. The van der Waals surface area contributed by atoms with Crippen LogP contribution in [0.15, 0.2) is 42.5 Å². The topological polar surface area (TPSA) is 20.7 Å². The summed E-state index contributed by atoms with van der Waals surface area (Å²) >= 11 is 7.34. The molecular weight excluding hydrogens is 398 g/mol. The third-order valence-electron chi connectivity index (χ3n) is 3.51. The van der Waals surface area contributed by atoms with Crippen molar-refractivity contribution in [3.63, 3.8) is 0 Å². The Labute approximate surface area is 141 Å². The first-order valence-electron chi connectivity index (χ1n) is 6.76. The van der Waals surface area contributed by atoms with Crippen LogP contribution in [0, 0.1) is 14.2 Å². The number of rotatable bonds is 4. The van der Waals surface area contributed by atoms with Crippen molar-refractivity contribution in [3.8, 4) is 0 Å². The van der Waals surface area contributed by atoms with Gasteiger partial charge in [0.05, 0.1) is 14.6 Å². The lowest BCUT2D eigenvalue weighted by Gasteiger charge is -2.05. The summed E-state index contributed by atoms with van der Waals surface area (Å²) in [4.78, 5) is 3.15. The fourth-order valence-electron chi connectivity index (χ4n) is 2.46. The molecule has 0 spiro atoms. The molecule has 0 saturated heterocycles. The third kappa shape index (κ3) is 3.18. The van der Waals surface area contributed by atoms with Crippen LogP contribution in [0.4, 0.5) is 4.39 Å². The number of fused-ring (bicyclic) bond motifs is 1. The molecule has 1 N–H and O–H groups in total. The maximum absolute atomic E-state index is 13.8. The summed E-state index contributed by atoms with van der Waals surface area (Å²) in [5, 5.41) is 0. The van der Waals surface area contributed by atoms with Crippen molar-refractivity contribution < 1.29 is 4.39 Å². The number of imidazole rings is 1. The Morgan fingerprint density at radius 2 is 1.95 bits per heavy atom. The Hall–Kier alpha value is -1.21. The van der Waals surface area contributed by atoms with E-state index in [2.05, 4.69) is 17.1 Å². The molecule has 0 unspecified atom stereocenters. The van der Waals surface area contributed by atoms with Gasteiger partial charge in [0, 0.05) is 12.6 Å². The normalized spacial score (nSPS) is 11.1. The summed E-state index contributed by atoms with van der Waals surface area (Å²) in [6, 6.07) is 13.7. The lowest BCUT2D eigenvalue weighted by Crippen LogP contribution is -2.00. The highest BCUT2D eigenvalue weighted by atomic mass is 127. The van der Waals surface area contributed by atoms with Gasteiger partial charge in [-0.1, -0.05) is 30.3 Å². The molecular formula is C16H14FIN2S. The minimum absolute atomic E-state index is 0.200. The zero-order valence-corrected chi connectivity index (χ0v) is 14.2. The number of nitrogens with one attached hydrogen (secondary N) is 1. The average molecular weight is 412 g/mol. The van der Waals surface area contributed by atoms with Crippen molar-refractivity contribution in [3.05, 3.63) is 62.2 Å². The molecule has 0 saturated carbocycles. The third-order valence-corrected chi connectivity index (χ3v) is 4.66. The number of H-pyrrole nitrogens is 1. The summed E-state index contributed by atoms with van der Waals surface area (Å²) in [5.41, 5.74) is 3.04. The van der Waals surface area contributed by atoms with Gasteiger partial charge in [0.1, 0.15) is 5.82 Å². The lowest BCUT2D eigenvalue weighted by molar-refractivity contribution is 0.617. The standard InChI is InChI=1S/C16H14FIN2S/c17-12-9-15-14(10-13(12)18)19-16(21)20(15)8-4-7-11-5-2-1-3-6-11/h1-3,5-6,9-10H,4,7-8H2,(H,19,21). The Bertz CT molecular complexity index is 823. The molecule has 3 rings (SSSR count). The second-order valence-electron chi connectivity index (χ2n) is 4.95. The quantitative estimate of drug-likeness (QED) is 0.469. The fraction of sp³-hybridized carbons (Fsp3) is 0.188. The molecule has 1 heterocycles. The van der Waals surface area contributed by atoms with Crippen molar-refractivity contribution in [2.75, 3.05) is 0 Å². The maximum atomic E-state index is 13.8. The van der Waals surface area contributed by atoms with E-state index in [1.807, 2.05) is 45.4 Å². The van der Waals surface area contributed by atoms with Crippen molar-refractivity contribution in [2.45, 2.75) is 19.4 Å². The minimum atomic E-state index is -0.200. The van der Waals surface area contributed by atoms with Crippen LogP contribution in [-0.2, 0) is 13.0 Å². The Balaban J connectivity index is 1.82. The molecule has 2 nitrogen and oxygen atoms in total. The van der Waals surface area contributed by atoms with Crippen molar-refractivity contribution in [1.29, 1.82) is 0 Å². The number of hydrogen-bond donors (Lipinski definition) is 1. The second kappa shape index (κ2) is 6.27. The largest absolute Gasteiger partial charge is 0.331 e. The van der Waals surface area contributed by atoms with Crippen molar-refractivity contribution in [1.82, 2.24) is 9.55 Å². The smallest absolute Gasteiger partial charge is 0.178 e. The molecule has 1 aromatic heterocycles. The molecule has 0 aliphatic rings. The van der Waals surface area contributed by atoms with Crippen LogP contribution in [0.25, 0.3) is 11.0 Å². The van der Waals surface area contributed by atoms with E-state index in [-0.39, 0.29) is 5.82 Å².